The van der Waals surface area contributed by atoms with E-state index in [1.54, 1.807) is 16.2 Å². The lowest BCUT2D eigenvalue weighted by atomic mass is 10.1. The Hall–Kier alpha value is -2.96. The predicted octanol–water partition coefficient (Wildman–Crippen LogP) is 5.43. The Labute approximate surface area is 207 Å². The van der Waals surface area contributed by atoms with Gasteiger partial charge >= 0.3 is 0 Å². The minimum Gasteiger partial charge on any atom is -0.367 e. The van der Waals surface area contributed by atoms with Gasteiger partial charge in [-0.25, -0.2) is 0 Å². The smallest absolute Gasteiger partial charge is 0.249 e. The minimum atomic E-state index is -0.513. The van der Waals surface area contributed by atoms with Crippen LogP contribution in [-0.2, 0) is 34.0 Å². The summed E-state index contributed by atoms with van der Waals surface area (Å²) in [6.45, 7) is 9.20. The molecule has 180 valence electrons. The fourth-order valence-corrected chi connectivity index (χ4v) is 4.54. The van der Waals surface area contributed by atoms with E-state index in [9.17, 15) is 9.59 Å². The third-order valence-electron chi connectivity index (χ3n) is 5.45. The molecule has 0 atom stereocenters. The third kappa shape index (κ3) is 7.82. The van der Waals surface area contributed by atoms with Crippen molar-refractivity contribution in [2.24, 2.45) is 0 Å². The molecule has 2 amide bonds. The highest BCUT2D eigenvalue weighted by atomic mass is 32.1. The number of carbonyl (C=O) groups is 2. The molecule has 1 aromatic heterocycles. The van der Waals surface area contributed by atoms with E-state index in [0.717, 1.165) is 16.0 Å². The predicted molar refractivity (Wildman–Crippen MR) is 137 cm³/mol. The lowest BCUT2D eigenvalue weighted by molar-refractivity contribution is -0.148. The molecule has 0 spiro atoms. The molecule has 2 aromatic carbocycles. The molecule has 0 bridgehead atoms. The molecule has 0 unspecified atom stereocenters. The first-order chi connectivity index (χ1) is 16.2. The Morgan fingerprint density at radius 3 is 2.00 bits per heavy atom. The summed E-state index contributed by atoms with van der Waals surface area (Å²) in [6.07, 6.45) is 0. The Morgan fingerprint density at radius 2 is 1.44 bits per heavy atom. The molecule has 0 saturated heterocycles. The summed E-state index contributed by atoms with van der Waals surface area (Å²) in [5.74, 6) is -0.273. The zero-order valence-corrected chi connectivity index (χ0v) is 21.3. The average molecular weight is 479 g/mol. The second kappa shape index (κ2) is 12.0. The molecule has 0 aliphatic heterocycles. The van der Waals surface area contributed by atoms with Gasteiger partial charge in [0.2, 0.25) is 11.8 Å². The lowest BCUT2D eigenvalue weighted by Crippen LogP contribution is -2.52. The number of hydrogen-bond donors (Lipinski definition) is 0. The Bertz CT molecular complexity index is 1060. The summed E-state index contributed by atoms with van der Waals surface area (Å²) >= 11 is 1.69. The van der Waals surface area contributed by atoms with Crippen molar-refractivity contribution in [1.82, 2.24) is 9.80 Å². The molecule has 0 radical (unpaired) electrons. The van der Waals surface area contributed by atoms with Gasteiger partial charge < -0.3 is 14.5 Å². The summed E-state index contributed by atoms with van der Waals surface area (Å²) in [5, 5.41) is 0. The topological polar surface area (TPSA) is 49.9 Å². The number of ether oxygens (including phenoxy) is 1. The van der Waals surface area contributed by atoms with E-state index in [4.69, 9.17) is 4.74 Å². The molecule has 0 saturated carbocycles. The number of benzene rings is 2. The Morgan fingerprint density at radius 1 is 0.824 bits per heavy atom. The van der Waals surface area contributed by atoms with Crippen LogP contribution in [0.15, 0.2) is 72.8 Å². The first-order valence-corrected chi connectivity index (χ1v) is 12.3. The number of hydrogen-bond acceptors (Lipinski definition) is 4. The molecule has 5 nitrogen and oxygen atoms in total. The van der Waals surface area contributed by atoms with E-state index in [1.807, 2.05) is 86.3 Å². The van der Waals surface area contributed by atoms with Crippen molar-refractivity contribution >= 4 is 23.2 Å². The van der Waals surface area contributed by atoms with E-state index in [2.05, 4.69) is 19.1 Å². The van der Waals surface area contributed by atoms with E-state index in [-0.39, 0.29) is 25.0 Å². The van der Waals surface area contributed by atoms with Crippen molar-refractivity contribution in [3.8, 4) is 0 Å². The highest BCUT2D eigenvalue weighted by Crippen LogP contribution is 2.20. The third-order valence-corrected chi connectivity index (χ3v) is 6.44. The van der Waals surface area contributed by atoms with Crippen molar-refractivity contribution in [3.05, 3.63) is 93.7 Å². The SMILES string of the molecule is Cc1ccc(CN(Cc2ccccc2)C(=O)CN(C(=O)COCc2ccccc2)C(C)(C)C)s1. The van der Waals surface area contributed by atoms with Gasteiger partial charge in [0.15, 0.2) is 0 Å². The molecule has 0 fully saturated rings. The van der Waals surface area contributed by atoms with Crippen LogP contribution in [0.3, 0.4) is 0 Å². The number of amides is 2. The average Bonchev–Trinajstić information content (AvgIpc) is 3.22. The maximum atomic E-state index is 13.5. The number of thiophene rings is 1. The van der Waals surface area contributed by atoms with Crippen molar-refractivity contribution in [1.29, 1.82) is 0 Å². The van der Waals surface area contributed by atoms with Gasteiger partial charge in [0.25, 0.3) is 0 Å². The maximum absolute atomic E-state index is 13.5. The molecule has 3 aromatic rings. The molecular weight excluding hydrogens is 444 g/mol. The van der Waals surface area contributed by atoms with Crippen molar-refractivity contribution < 1.29 is 14.3 Å². The van der Waals surface area contributed by atoms with Gasteiger partial charge in [0.05, 0.1) is 13.2 Å². The van der Waals surface area contributed by atoms with E-state index in [0.29, 0.717) is 19.7 Å². The van der Waals surface area contributed by atoms with Crippen LogP contribution in [0, 0.1) is 6.92 Å². The molecule has 0 aliphatic rings. The maximum Gasteiger partial charge on any atom is 0.249 e. The zero-order valence-electron chi connectivity index (χ0n) is 20.5. The van der Waals surface area contributed by atoms with Crippen LogP contribution >= 0.6 is 11.3 Å². The minimum absolute atomic E-state index is 0.00816. The number of carbonyl (C=O) groups excluding carboxylic acids is 2. The summed E-state index contributed by atoms with van der Waals surface area (Å²) in [5.41, 5.74) is 1.55. The van der Waals surface area contributed by atoms with Crippen LogP contribution in [0.25, 0.3) is 0 Å². The number of rotatable bonds is 10. The summed E-state index contributed by atoms with van der Waals surface area (Å²) in [4.78, 5) is 32.4. The largest absolute Gasteiger partial charge is 0.367 e. The lowest BCUT2D eigenvalue weighted by Gasteiger charge is -2.36. The first-order valence-electron chi connectivity index (χ1n) is 11.5. The molecule has 34 heavy (non-hydrogen) atoms. The highest BCUT2D eigenvalue weighted by Gasteiger charge is 2.30. The normalized spacial score (nSPS) is 11.3. The Balaban J connectivity index is 1.69. The summed E-state index contributed by atoms with van der Waals surface area (Å²) in [7, 11) is 0. The van der Waals surface area contributed by atoms with Gasteiger partial charge in [-0.15, -0.1) is 11.3 Å². The van der Waals surface area contributed by atoms with E-state index < -0.39 is 5.54 Å². The summed E-state index contributed by atoms with van der Waals surface area (Å²) < 4.78 is 5.68. The van der Waals surface area contributed by atoms with Crippen molar-refractivity contribution in [2.75, 3.05) is 13.2 Å². The van der Waals surface area contributed by atoms with Crippen LogP contribution in [-0.4, -0.2) is 40.3 Å². The van der Waals surface area contributed by atoms with Gasteiger partial charge in [-0.3, -0.25) is 9.59 Å². The standard InChI is InChI=1S/C28H34N2O3S/c1-22-15-16-25(34-22)18-29(17-23-11-7-5-8-12-23)26(31)19-30(28(2,3)4)27(32)21-33-20-24-13-9-6-10-14-24/h5-16H,17-21H2,1-4H3. The molecule has 3 rings (SSSR count). The molecule has 0 aliphatic carbocycles. The monoisotopic (exact) mass is 478 g/mol. The van der Waals surface area contributed by atoms with Gasteiger partial charge in [0, 0.05) is 21.8 Å². The fourth-order valence-electron chi connectivity index (χ4n) is 3.64. The second-order valence-electron chi connectivity index (χ2n) is 9.38. The fraction of sp³-hybridized carbons (Fsp3) is 0.357. The van der Waals surface area contributed by atoms with E-state index in [1.165, 1.54) is 4.88 Å². The second-order valence-corrected chi connectivity index (χ2v) is 10.7. The molecule has 0 N–H and O–H groups in total. The van der Waals surface area contributed by atoms with Crippen LogP contribution in [0.5, 0.6) is 0 Å². The van der Waals surface area contributed by atoms with Gasteiger partial charge in [-0.2, -0.15) is 0 Å². The zero-order chi connectivity index (χ0) is 24.6. The van der Waals surface area contributed by atoms with Crippen LogP contribution in [0.1, 0.15) is 41.7 Å². The first kappa shape index (κ1) is 25.7. The van der Waals surface area contributed by atoms with Gasteiger partial charge in [-0.1, -0.05) is 60.7 Å². The van der Waals surface area contributed by atoms with Gasteiger partial charge in [-0.05, 0) is 51.0 Å². The van der Waals surface area contributed by atoms with Crippen LogP contribution in [0.4, 0.5) is 0 Å². The molecule has 6 heteroatoms. The van der Waals surface area contributed by atoms with Crippen LogP contribution < -0.4 is 0 Å². The molecule has 1 heterocycles. The summed E-state index contributed by atoms with van der Waals surface area (Å²) in [6, 6.07) is 23.8. The van der Waals surface area contributed by atoms with Gasteiger partial charge in [0.1, 0.15) is 13.2 Å². The highest BCUT2D eigenvalue weighted by molar-refractivity contribution is 7.11. The van der Waals surface area contributed by atoms with Crippen LogP contribution in [0.2, 0.25) is 0 Å². The molecular formula is C28H34N2O3S. The number of aryl methyl sites for hydroxylation is 1. The van der Waals surface area contributed by atoms with Crippen molar-refractivity contribution in [3.63, 3.8) is 0 Å². The quantitative estimate of drug-likeness (QED) is 0.390. The Kier molecular flexibility index (Phi) is 9.02. The van der Waals surface area contributed by atoms with Crippen molar-refractivity contribution in [2.45, 2.75) is 52.9 Å². The van der Waals surface area contributed by atoms with E-state index >= 15 is 0 Å². The number of nitrogens with zero attached hydrogens (tertiary/aromatic N) is 2.